The van der Waals surface area contributed by atoms with E-state index in [9.17, 15) is 48.3 Å². The zero-order chi connectivity index (χ0) is 27.2. The van der Waals surface area contributed by atoms with Gasteiger partial charge in [0.2, 0.25) is 17.4 Å². The molecular formula is C14H15F11N4O4. The average Bonchev–Trinajstić information content (AvgIpc) is 2.58. The van der Waals surface area contributed by atoms with Gasteiger partial charge in [-0.15, -0.1) is 0 Å². The third-order valence-corrected chi connectivity index (χ3v) is 2.19. The van der Waals surface area contributed by atoms with Crippen molar-refractivity contribution in [1.29, 1.82) is 5.41 Å². The fraction of sp³-hybridized carbons (Fsp3) is 0.429. The first-order chi connectivity index (χ1) is 14.7. The summed E-state index contributed by atoms with van der Waals surface area (Å²) in [4.78, 5) is 14.9. The van der Waals surface area contributed by atoms with Crippen LogP contribution in [0, 0.1) is 11.4 Å². The summed E-state index contributed by atoms with van der Waals surface area (Å²) in [7, 11) is 1.34. The van der Waals surface area contributed by atoms with Crippen molar-refractivity contribution in [3.05, 3.63) is 29.4 Å². The topological polar surface area (TPSA) is 131 Å². The van der Waals surface area contributed by atoms with Gasteiger partial charge >= 0.3 is 18.5 Å². The summed E-state index contributed by atoms with van der Waals surface area (Å²) < 4.78 is 138. The number of aromatic nitrogens is 2. The van der Waals surface area contributed by atoms with Crippen LogP contribution in [0.2, 0.25) is 0 Å². The fourth-order valence-corrected chi connectivity index (χ4v) is 1.23. The van der Waals surface area contributed by atoms with E-state index < -0.39 is 53.5 Å². The maximum absolute atomic E-state index is 12.6. The third kappa shape index (κ3) is 15.1. The normalized spacial score (nSPS) is 10.6. The first kappa shape index (κ1) is 34.2. The predicted octanol–water partition coefficient (Wildman–Crippen LogP) is 4.22. The SMILES string of the molecule is CC(=O)O.COC(F)=C(C(F)(F)F)C(F)(F)F.COc1ncnc(F)c1C(F)(F)F.N=CN. The van der Waals surface area contributed by atoms with Crippen LogP contribution in [0.3, 0.4) is 0 Å². The number of hydrogen-bond acceptors (Lipinski definition) is 6. The highest BCUT2D eigenvalue weighted by Gasteiger charge is 2.54. The van der Waals surface area contributed by atoms with Crippen molar-refractivity contribution in [1.82, 2.24) is 9.97 Å². The minimum Gasteiger partial charge on any atom is -0.481 e. The number of rotatable bonds is 2. The largest absolute Gasteiger partial charge is 0.481 e. The lowest BCUT2D eigenvalue weighted by Gasteiger charge is -2.14. The summed E-state index contributed by atoms with van der Waals surface area (Å²) >= 11 is 0. The summed E-state index contributed by atoms with van der Waals surface area (Å²) in [6, 6.07) is -2.69. The van der Waals surface area contributed by atoms with E-state index in [1.807, 2.05) is 0 Å². The number of nitrogens with zero attached hydrogens (tertiary/aromatic N) is 2. The van der Waals surface area contributed by atoms with Crippen molar-refractivity contribution in [3.63, 3.8) is 0 Å². The van der Waals surface area contributed by atoms with Crippen molar-refractivity contribution in [2.75, 3.05) is 14.2 Å². The van der Waals surface area contributed by atoms with E-state index in [1.165, 1.54) is 0 Å². The van der Waals surface area contributed by atoms with E-state index in [0.717, 1.165) is 20.4 Å². The lowest BCUT2D eigenvalue weighted by atomic mass is 10.3. The second-order valence-electron chi connectivity index (χ2n) is 4.58. The van der Waals surface area contributed by atoms with Crippen LogP contribution in [0.25, 0.3) is 0 Å². The second kappa shape index (κ2) is 14.6. The minimum absolute atomic E-state index is 0.368. The number of carboxylic acid groups (broad SMARTS) is 1. The first-order valence-corrected chi connectivity index (χ1v) is 7.32. The number of allylic oxidation sites excluding steroid dienone is 1. The molecule has 0 fully saturated rings. The summed E-state index contributed by atoms with van der Waals surface area (Å²) in [5, 5.41) is 13.3. The smallest absolute Gasteiger partial charge is 0.427 e. The van der Waals surface area contributed by atoms with Crippen LogP contribution in [0.5, 0.6) is 5.88 Å². The van der Waals surface area contributed by atoms with E-state index in [-0.39, 0.29) is 0 Å². The molecule has 0 aromatic carbocycles. The van der Waals surface area contributed by atoms with Crippen LogP contribution in [-0.4, -0.2) is 54.0 Å². The molecule has 0 radical (unpaired) electrons. The molecule has 0 saturated heterocycles. The standard InChI is InChI=1S/C6H4F4N2O.C5H3F7O.C2H4O2.CH4N2/c1-13-5-3(6(8,9)10)4(7)11-2-12-5;1-13-3(6)2(4(7,8)9)5(10,11)12;1-2(3)4;2-1-3/h2H,1H3;1H3;1H3,(H,3,4);1H,(H3,2,3). The highest BCUT2D eigenvalue weighted by Crippen LogP contribution is 2.41. The van der Waals surface area contributed by atoms with Crippen molar-refractivity contribution < 1.29 is 67.7 Å². The summed E-state index contributed by atoms with van der Waals surface area (Å²) in [5.74, 6) is -3.29. The number of carboxylic acids is 1. The first-order valence-electron chi connectivity index (χ1n) is 7.32. The lowest BCUT2D eigenvalue weighted by Crippen LogP contribution is -2.27. The molecule has 1 aromatic rings. The van der Waals surface area contributed by atoms with Gasteiger partial charge in [-0.3, -0.25) is 10.2 Å². The number of ether oxygens (including phenoxy) is 2. The van der Waals surface area contributed by atoms with E-state index >= 15 is 0 Å². The number of hydrogen-bond donors (Lipinski definition) is 3. The molecule has 8 nitrogen and oxygen atoms in total. The Morgan fingerprint density at radius 3 is 1.61 bits per heavy atom. The molecule has 0 aliphatic carbocycles. The van der Waals surface area contributed by atoms with E-state index in [4.69, 9.17) is 15.3 Å². The number of carbonyl (C=O) groups is 1. The summed E-state index contributed by atoms with van der Waals surface area (Å²) in [5.41, 5.74) is -0.472. The van der Waals surface area contributed by atoms with Crippen LogP contribution in [0.1, 0.15) is 12.5 Å². The molecule has 1 rings (SSSR count). The van der Waals surface area contributed by atoms with Crippen LogP contribution in [0.4, 0.5) is 48.3 Å². The molecule has 0 saturated carbocycles. The van der Waals surface area contributed by atoms with Gasteiger partial charge in [-0.2, -0.15) is 48.3 Å². The molecule has 0 aliphatic heterocycles. The molecule has 192 valence electrons. The Morgan fingerprint density at radius 2 is 1.42 bits per heavy atom. The third-order valence-electron chi connectivity index (χ3n) is 2.19. The van der Waals surface area contributed by atoms with Gasteiger partial charge < -0.3 is 20.3 Å². The number of methoxy groups -OCH3 is 2. The molecule has 0 atom stereocenters. The van der Waals surface area contributed by atoms with Gasteiger partial charge in [-0.05, 0) is 0 Å². The van der Waals surface area contributed by atoms with Gasteiger partial charge in [0, 0.05) is 6.92 Å². The van der Waals surface area contributed by atoms with Crippen molar-refractivity contribution in [2.45, 2.75) is 25.5 Å². The molecule has 1 heterocycles. The van der Waals surface area contributed by atoms with Crippen molar-refractivity contribution in [2.24, 2.45) is 5.73 Å². The predicted molar refractivity (Wildman–Crippen MR) is 87.1 cm³/mol. The molecule has 0 spiro atoms. The number of aliphatic carboxylic acids is 1. The summed E-state index contributed by atoms with van der Waals surface area (Å²) in [6.45, 7) is 1.08. The number of nitrogens with two attached hydrogens (primary N) is 1. The Bertz CT molecular complexity index is 758. The second-order valence-corrected chi connectivity index (χ2v) is 4.58. The highest BCUT2D eigenvalue weighted by molar-refractivity contribution is 5.62. The minimum atomic E-state index is -5.82. The Morgan fingerprint density at radius 1 is 1.06 bits per heavy atom. The lowest BCUT2D eigenvalue weighted by molar-refractivity contribution is -0.178. The fourth-order valence-electron chi connectivity index (χ4n) is 1.23. The molecule has 19 heteroatoms. The van der Waals surface area contributed by atoms with E-state index in [2.05, 4.69) is 25.2 Å². The van der Waals surface area contributed by atoms with Gasteiger partial charge in [0.05, 0.1) is 20.6 Å². The Labute approximate surface area is 177 Å². The number of halogens is 11. The van der Waals surface area contributed by atoms with Gasteiger partial charge in [0.15, 0.2) is 5.56 Å². The molecule has 1 aromatic heterocycles. The highest BCUT2D eigenvalue weighted by atomic mass is 19.4. The Hall–Kier alpha value is -3.41. The zero-order valence-corrected chi connectivity index (χ0v) is 16.5. The van der Waals surface area contributed by atoms with E-state index in [1.54, 1.807) is 0 Å². The van der Waals surface area contributed by atoms with Crippen molar-refractivity contribution >= 4 is 12.3 Å². The molecule has 4 N–H and O–H groups in total. The molecular weight excluding hydrogens is 497 g/mol. The molecule has 0 bridgehead atoms. The average molecular weight is 512 g/mol. The van der Waals surface area contributed by atoms with Crippen LogP contribution >= 0.6 is 0 Å². The number of alkyl halides is 9. The monoisotopic (exact) mass is 512 g/mol. The Kier molecular flexibility index (Phi) is 15.1. The maximum Gasteiger partial charge on any atom is 0.427 e. The van der Waals surface area contributed by atoms with Gasteiger partial charge in [-0.25, -0.2) is 9.97 Å². The maximum atomic E-state index is 12.6. The van der Waals surface area contributed by atoms with E-state index in [0.29, 0.717) is 13.4 Å². The van der Waals surface area contributed by atoms with Crippen LogP contribution < -0.4 is 10.5 Å². The van der Waals surface area contributed by atoms with Crippen LogP contribution in [-0.2, 0) is 15.7 Å². The van der Waals surface area contributed by atoms with Gasteiger partial charge in [-0.1, -0.05) is 0 Å². The van der Waals surface area contributed by atoms with Crippen molar-refractivity contribution in [3.8, 4) is 5.88 Å². The zero-order valence-electron chi connectivity index (χ0n) is 16.5. The molecule has 0 amide bonds. The van der Waals surface area contributed by atoms with Crippen LogP contribution in [0.15, 0.2) is 17.9 Å². The molecule has 0 aliphatic rings. The summed E-state index contributed by atoms with van der Waals surface area (Å²) in [6.07, 6.45) is -15.1. The Balaban J connectivity index is -0.000000426. The molecule has 33 heavy (non-hydrogen) atoms. The number of nitrogens with one attached hydrogen (secondary N) is 1. The van der Waals surface area contributed by atoms with Gasteiger partial charge in [0.1, 0.15) is 6.33 Å². The van der Waals surface area contributed by atoms with Gasteiger partial charge in [0.25, 0.3) is 12.0 Å². The quantitative estimate of drug-likeness (QED) is 0.178. The molecule has 0 unspecified atom stereocenters.